The van der Waals surface area contributed by atoms with E-state index in [1.165, 1.54) is 43.6 Å². The highest BCUT2D eigenvalue weighted by Gasteiger charge is 2.11. The topological polar surface area (TPSA) is 29.3 Å². The highest BCUT2D eigenvalue weighted by atomic mass is 15.1. The Hall–Kier alpha value is -1.02. The standard InChI is InChI=1S/C14H22N2/c15-10-2-1-5-13-6-8-14(9-7-13)16-11-3-4-12-16/h6-9H,1-5,10-12,15H2. The Labute approximate surface area is 98.4 Å². The Kier molecular flexibility index (Phi) is 4.23. The van der Waals surface area contributed by atoms with E-state index in [9.17, 15) is 0 Å². The number of aryl methyl sites for hydroxylation is 1. The molecular formula is C14H22N2. The maximum Gasteiger partial charge on any atom is 0.0366 e. The maximum atomic E-state index is 5.49. The number of nitrogens with two attached hydrogens (primary N) is 1. The van der Waals surface area contributed by atoms with Gasteiger partial charge in [0.15, 0.2) is 0 Å². The molecule has 0 bridgehead atoms. The summed E-state index contributed by atoms with van der Waals surface area (Å²) in [7, 11) is 0. The van der Waals surface area contributed by atoms with E-state index < -0.39 is 0 Å². The number of unbranched alkanes of at least 4 members (excludes halogenated alkanes) is 1. The van der Waals surface area contributed by atoms with Gasteiger partial charge < -0.3 is 10.6 Å². The lowest BCUT2D eigenvalue weighted by Gasteiger charge is -2.17. The van der Waals surface area contributed by atoms with Gasteiger partial charge in [-0.15, -0.1) is 0 Å². The predicted octanol–water partition coefficient (Wildman–Crippen LogP) is 2.57. The van der Waals surface area contributed by atoms with Crippen LogP contribution < -0.4 is 10.6 Å². The summed E-state index contributed by atoms with van der Waals surface area (Å²) in [4.78, 5) is 2.48. The van der Waals surface area contributed by atoms with Gasteiger partial charge in [-0.3, -0.25) is 0 Å². The van der Waals surface area contributed by atoms with Crippen LogP contribution in [0.5, 0.6) is 0 Å². The fraction of sp³-hybridized carbons (Fsp3) is 0.571. The van der Waals surface area contributed by atoms with Gasteiger partial charge in [0, 0.05) is 18.8 Å². The minimum Gasteiger partial charge on any atom is -0.372 e. The van der Waals surface area contributed by atoms with Crippen molar-refractivity contribution >= 4 is 5.69 Å². The molecule has 0 saturated carbocycles. The van der Waals surface area contributed by atoms with Crippen molar-refractivity contribution in [1.29, 1.82) is 0 Å². The quantitative estimate of drug-likeness (QED) is 0.770. The Balaban J connectivity index is 1.88. The van der Waals surface area contributed by atoms with E-state index in [1.807, 2.05) is 0 Å². The van der Waals surface area contributed by atoms with Crippen LogP contribution in [0.15, 0.2) is 24.3 Å². The molecule has 0 amide bonds. The van der Waals surface area contributed by atoms with Crippen molar-refractivity contribution in [2.24, 2.45) is 5.73 Å². The minimum absolute atomic E-state index is 0.811. The van der Waals surface area contributed by atoms with Crippen LogP contribution in [0.2, 0.25) is 0 Å². The first-order valence-electron chi connectivity index (χ1n) is 6.44. The van der Waals surface area contributed by atoms with Gasteiger partial charge >= 0.3 is 0 Å². The summed E-state index contributed by atoms with van der Waals surface area (Å²) < 4.78 is 0. The molecule has 1 aromatic carbocycles. The first-order valence-corrected chi connectivity index (χ1v) is 6.44. The molecule has 1 fully saturated rings. The Bertz CT molecular complexity index is 299. The third-order valence-corrected chi connectivity index (χ3v) is 3.33. The molecular weight excluding hydrogens is 196 g/mol. The van der Waals surface area contributed by atoms with E-state index in [2.05, 4.69) is 29.2 Å². The number of nitrogens with zero attached hydrogens (tertiary/aromatic N) is 1. The van der Waals surface area contributed by atoms with E-state index in [-0.39, 0.29) is 0 Å². The van der Waals surface area contributed by atoms with Gasteiger partial charge in [-0.1, -0.05) is 12.1 Å². The van der Waals surface area contributed by atoms with Gasteiger partial charge in [0.2, 0.25) is 0 Å². The number of rotatable bonds is 5. The molecule has 2 nitrogen and oxygen atoms in total. The van der Waals surface area contributed by atoms with E-state index in [1.54, 1.807) is 0 Å². The molecule has 0 spiro atoms. The Morgan fingerprint density at radius 3 is 2.31 bits per heavy atom. The molecule has 1 saturated heterocycles. The van der Waals surface area contributed by atoms with Crippen LogP contribution in [0.25, 0.3) is 0 Å². The van der Waals surface area contributed by atoms with Gasteiger partial charge in [-0.2, -0.15) is 0 Å². The average molecular weight is 218 g/mol. The largest absolute Gasteiger partial charge is 0.372 e. The molecule has 0 radical (unpaired) electrons. The summed E-state index contributed by atoms with van der Waals surface area (Å²) in [5.41, 5.74) is 8.32. The summed E-state index contributed by atoms with van der Waals surface area (Å²) in [5.74, 6) is 0. The predicted molar refractivity (Wildman–Crippen MR) is 69.9 cm³/mol. The number of benzene rings is 1. The Morgan fingerprint density at radius 1 is 1.00 bits per heavy atom. The van der Waals surface area contributed by atoms with Crippen molar-refractivity contribution < 1.29 is 0 Å². The second-order valence-electron chi connectivity index (χ2n) is 4.61. The summed E-state index contributed by atoms with van der Waals surface area (Å²) in [6.45, 7) is 3.27. The maximum absolute atomic E-state index is 5.49. The molecule has 1 heterocycles. The van der Waals surface area contributed by atoms with Gasteiger partial charge in [0.1, 0.15) is 0 Å². The van der Waals surface area contributed by atoms with Crippen molar-refractivity contribution in [1.82, 2.24) is 0 Å². The highest BCUT2D eigenvalue weighted by Crippen LogP contribution is 2.20. The van der Waals surface area contributed by atoms with Crippen molar-refractivity contribution in [2.45, 2.75) is 32.1 Å². The summed E-state index contributed by atoms with van der Waals surface area (Å²) in [6.07, 6.45) is 6.20. The molecule has 0 aromatic heterocycles. The molecule has 1 aromatic rings. The zero-order valence-electron chi connectivity index (χ0n) is 9.99. The van der Waals surface area contributed by atoms with Crippen LogP contribution in [0.1, 0.15) is 31.2 Å². The summed E-state index contributed by atoms with van der Waals surface area (Å²) in [6, 6.07) is 9.07. The van der Waals surface area contributed by atoms with Crippen LogP contribution in [0.4, 0.5) is 5.69 Å². The lowest BCUT2D eigenvalue weighted by molar-refractivity contribution is 0.745. The molecule has 0 aliphatic carbocycles. The molecule has 1 aliphatic rings. The van der Waals surface area contributed by atoms with Crippen molar-refractivity contribution in [3.63, 3.8) is 0 Å². The molecule has 2 heteroatoms. The molecule has 2 N–H and O–H groups in total. The van der Waals surface area contributed by atoms with Crippen LogP contribution in [0, 0.1) is 0 Å². The van der Waals surface area contributed by atoms with Crippen molar-refractivity contribution in [3.8, 4) is 0 Å². The molecule has 1 aliphatic heterocycles. The zero-order chi connectivity index (χ0) is 11.2. The second-order valence-corrected chi connectivity index (χ2v) is 4.61. The van der Waals surface area contributed by atoms with E-state index in [0.29, 0.717) is 0 Å². The smallest absolute Gasteiger partial charge is 0.0366 e. The number of hydrogen-bond acceptors (Lipinski definition) is 2. The second kappa shape index (κ2) is 5.90. The highest BCUT2D eigenvalue weighted by molar-refractivity contribution is 5.48. The van der Waals surface area contributed by atoms with E-state index >= 15 is 0 Å². The first-order chi connectivity index (χ1) is 7.90. The SMILES string of the molecule is NCCCCc1ccc(N2CCCC2)cc1. The monoisotopic (exact) mass is 218 g/mol. The zero-order valence-corrected chi connectivity index (χ0v) is 9.99. The molecule has 2 rings (SSSR count). The first kappa shape index (κ1) is 11.5. The Morgan fingerprint density at radius 2 is 1.69 bits per heavy atom. The van der Waals surface area contributed by atoms with Gasteiger partial charge in [-0.25, -0.2) is 0 Å². The summed E-state index contributed by atoms with van der Waals surface area (Å²) in [5, 5.41) is 0. The summed E-state index contributed by atoms with van der Waals surface area (Å²) >= 11 is 0. The van der Waals surface area contributed by atoms with Crippen LogP contribution in [0.3, 0.4) is 0 Å². The van der Waals surface area contributed by atoms with Gasteiger partial charge in [-0.05, 0) is 56.3 Å². The van der Waals surface area contributed by atoms with E-state index in [0.717, 1.165) is 19.4 Å². The van der Waals surface area contributed by atoms with Crippen LogP contribution >= 0.6 is 0 Å². The normalized spacial score (nSPS) is 15.7. The van der Waals surface area contributed by atoms with Gasteiger partial charge in [0.25, 0.3) is 0 Å². The fourth-order valence-corrected chi connectivity index (χ4v) is 2.32. The lowest BCUT2D eigenvalue weighted by atomic mass is 10.1. The molecule has 88 valence electrons. The number of anilines is 1. The molecule has 16 heavy (non-hydrogen) atoms. The average Bonchev–Trinajstić information content (AvgIpc) is 2.84. The lowest BCUT2D eigenvalue weighted by Crippen LogP contribution is -2.17. The molecule has 0 unspecified atom stereocenters. The van der Waals surface area contributed by atoms with E-state index in [4.69, 9.17) is 5.73 Å². The van der Waals surface area contributed by atoms with Gasteiger partial charge in [0.05, 0.1) is 0 Å². The van der Waals surface area contributed by atoms with Crippen LogP contribution in [-0.4, -0.2) is 19.6 Å². The van der Waals surface area contributed by atoms with Crippen LogP contribution in [-0.2, 0) is 6.42 Å². The van der Waals surface area contributed by atoms with Crippen molar-refractivity contribution in [2.75, 3.05) is 24.5 Å². The molecule has 0 atom stereocenters. The van der Waals surface area contributed by atoms with Crippen molar-refractivity contribution in [3.05, 3.63) is 29.8 Å². The third-order valence-electron chi connectivity index (χ3n) is 3.33. The third kappa shape index (κ3) is 2.99. The number of hydrogen-bond donors (Lipinski definition) is 1. The minimum atomic E-state index is 0.811. The fourth-order valence-electron chi connectivity index (χ4n) is 2.32.